The summed E-state index contributed by atoms with van der Waals surface area (Å²) >= 11 is 3.31. The van der Waals surface area contributed by atoms with Crippen molar-refractivity contribution in [2.75, 3.05) is 6.54 Å². The highest BCUT2D eigenvalue weighted by Crippen LogP contribution is 2.26. The molecule has 138 valence electrons. The molecule has 5 nitrogen and oxygen atoms in total. The van der Waals surface area contributed by atoms with Crippen molar-refractivity contribution in [1.82, 2.24) is 9.62 Å². The van der Waals surface area contributed by atoms with Crippen LogP contribution >= 0.6 is 15.9 Å². The number of benzene rings is 2. The Morgan fingerprint density at radius 1 is 1.08 bits per heavy atom. The minimum absolute atomic E-state index is 0.212. The molecular formula is C19H21BrN2O3S. The normalized spacial score (nSPS) is 18.4. The van der Waals surface area contributed by atoms with E-state index in [0.717, 1.165) is 22.9 Å². The molecule has 1 aliphatic rings. The minimum atomic E-state index is -3.70. The standard InChI is InChI=1S/C19H21BrN2O3S/c20-16-9-11-17(12-10-16)26(24,25)22-13-5-4-8-18(22)19(23)21-14-15-6-2-1-3-7-15/h1-3,6-7,9-12,18H,4-5,8,13-14H2,(H,21,23). The van der Waals surface area contributed by atoms with Crippen LogP contribution in [-0.2, 0) is 21.4 Å². The van der Waals surface area contributed by atoms with Crippen molar-refractivity contribution in [3.05, 3.63) is 64.6 Å². The maximum Gasteiger partial charge on any atom is 0.243 e. The van der Waals surface area contributed by atoms with E-state index < -0.39 is 16.1 Å². The van der Waals surface area contributed by atoms with E-state index in [1.165, 1.54) is 4.31 Å². The number of carbonyl (C=O) groups is 1. The highest BCUT2D eigenvalue weighted by molar-refractivity contribution is 9.10. The molecule has 26 heavy (non-hydrogen) atoms. The van der Waals surface area contributed by atoms with Gasteiger partial charge in [0.25, 0.3) is 0 Å². The lowest BCUT2D eigenvalue weighted by molar-refractivity contribution is -0.125. The summed E-state index contributed by atoms with van der Waals surface area (Å²) in [6, 6.07) is 15.4. The van der Waals surface area contributed by atoms with Gasteiger partial charge < -0.3 is 5.32 Å². The predicted octanol–water partition coefficient (Wildman–Crippen LogP) is 3.31. The fourth-order valence-corrected chi connectivity index (χ4v) is 5.02. The molecule has 0 spiro atoms. The van der Waals surface area contributed by atoms with E-state index in [9.17, 15) is 13.2 Å². The smallest absolute Gasteiger partial charge is 0.243 e. The first-order chi connectivity index (χ1) is 12.5. The first-order valence-electron chi connectivity index (χ1n) is 8.57. The van der Waals surface area contributed by atoms with E-state index in [2.05, 4.69) is 21.2 Å². The Morgan fingerprint density at radius 3 is 2.46 bits per heavy atom. The SMILES string of the molecule is O=C(NCc1ccccc1)C1CCCCN1S(=O)(=O)c1ccc(Br)cc1. The van der Waals surface area contributed by atoms with Gasteiger partial charge in [-0.2, -0.15) is 4.31 Å². The van der Waals surface area contributed by atoms with Crippen LogP contribution in [0, 0.1) is 0 Å². The summed E-state index contributed by atoms with van der Waals surface area (Å²) in [6.45, 7) is 0.754. The molecule has 1 saturated heterocycles. The van der Waals surface area contributed by atoms with Gasteiger partial charge in [0.15, 0.2) is 0 Å². The molecule has 1 atom stereocenters. The van der Waals surface area contributed by atoms with Crippen LogP contribution in [0.1, 0.15) is 24.8 Å². The highest BCUT2D eigenvalue weighted by atomic mass is 79.9. The Bertz CT molecular complexity index is 854. The van der Waals surface area contributed by atoms with Crippen LogP contribution in [0.5, 0.6) is 0 Å². The first-order valence-corrected chi connectivity index (χ1v) is 10.8. The molecule has 0 saturated carbocycles. The molecular weight excluding hydrogens is 416 g/mol. The third-order valence-electron chi connectivity index (χ3n) is 4.49. The monoisotopic (exact) mass is 436 g/mol. The fourth-order valence-electron chi connectivity index (χ4n) is 3.10. The Kier molecular flexibility index (Phi) is 6.11. The Hall–Kier alpha value is -1.70. The molecule has 2 aromatic rings. The van der Waals surface area contributed by atoms with Gasteiger partial charge in [0.05, 0.1) is 4.90 Å². The second-order valence-electron chi connectivity index (χ2n) is 6.28. The molecule has 3 rings (SSSR count). The van der Waals surface area contributed by atoms with E-state index in [0.29, 0.717) is 19.5 Å². The predicted molar refractivity (Wildman–Crippen MR) is 104 cm³/mol. The van der Waals surface area contributed by atoms with Gasteiger partial charge in [0, 0.05) is 17.6 Å². The summed E-state index contributed by atoms with van der Waals surface area (Å²) in [5.41, 5.74) is 0.985. The van der Waals surface area contributed by atoms with Crippen molar-refractivity contribution < 1.29 is 13.2 Å². The summed E-state index contributed by atoms with van der Waals surface area (Å²) in [6.07, 6.45) is 2.14. The van der Waals surface area contributed by atoms with E-state index in [4.69, 9.17) is 0 Å². The molecule has 1 fully saturated rings. The van der Waals surface area contributed by atoms with Crippen LogP contribution in [0.3, 0.4) is 0 Å². The number of sulfonamides is 1. The van der Waals surface area contributed by atoms with E-state index in [1.807, 2.05) is 30.3 Å². The van der Waals surface area contributed by atoms with Crippen LogP contribution in [-0.4, -0.2) is 31.2 Å². The number of amides is 1. The maximum absolute atomic E-state index is 13.0. The molecule has 0 aliphatic carbocycles. The Morgan fingerprint density at radius 2 is 1.77 bits per heavy atom. The van der Waals surface area contributed by atoms with Crippen molar-refractivity contribution in [1.29, 1.82) is 0 Å². The topological polar surface area (TPSA) is 66.5 Å². The molecule has 1 unspecified atom stereocenters. The molecule has 1 heterocycles. The molecule has 0 radical (unpaired) electrons. The van der Waals surface area contributed by atoms with Crippen molar-refractivity contribution >= 4 is 31.9 Å². The largest absolute Gasteiger partial charge is 0.351 e. The number of rotatable bonds is 5. The molecule has 1 aliphatic heterocycles. The van der Waals surface area contributed by atoms with Gasteiger partial charge in [-0.15, -0.1) is 0 Å². The van der Waals surface area contributed by atoms with Crippen LogP contribution in [0.15, 0.2) is 64.0 Å². The fraction of sp³-hybridized carbons (Fsp3) is 0.316. The summed E-state index contributed by atoms with van der Waals surface area (Å²) in [7, 11) is -3.70. The van der Waals surface area contributed by atoms with Gasteiger partial charge in [0.2, 0.25) is 15.9 Å². The number of nitrogens with zero attached hydrogens (tertiary/aromatic N) is 1. The number of hydrogen-bond donors (Lipinski definition) is 1. The van der Waals surface area contributed by atoms with Crippen molar-refractivity contribution in [3.8, 4) is 0 Å². The zero-order chi connectivity index (χ0) is 18.6. The lowest BCUT2D eigenvalue weighted by Gasteiger charge is -2.33. The Labute approximate surface area is 162 Å². The Balaban J connectivity index is 1.76. The summed E-state index contributed by atoms with van der Waals surface area (Å²) < 4.78 is 28.2. The summed E-state index contributed by atoms with van der Waals surface area (Å²) in [4.78, 5) is 12.9. The van der Waals surface area contributed by atoms with E-state index >= 15 is 0 Å². The second kappa shape index (κ2) is 8.33. The van der Waals surface area contributed by atoms with Crippen LogP contribution in [0.25, 0.3) is 0 Å². The van der Waals surface area contributed by atoms with Crippen molar-refractivity contribution in [2.24, 2.45) is 0 Å². The molecule has 1 N–H and O–H groups in total. The zero-order valence-electron chi connectivity index (χ0n) is 14.3. The molecule has 0 bridgehead atoms. The van der Waals surface area contributed by atoms with Gasteiger partial charge in [-0.1, -0.05) is 52.7 Å². The van der Waals surface area contributed by atoms with E-state index in [-0.39, 0.29) is 10.8 Å². The average Bonchev–Trinajstić information content (AvgIpc) is 2.67. The zero-order valence-corrected chi connectivity index (χ0v) is 16.7. The molecule has 1 amide bonds. The molecule has 7 heteroatoms. The second-order valence-corrected chi connectivity index (χ2v) is 9.09. The lowest BCUT2D eigenvalue weighted by Crippen LogP contribution is -2.51. The average molecular weight is 437 g/mol. The molecule has 2 aromatic carbocycles. The number of carbonyl (C=O) groups excluding carboxylic acids is 1. The molecule has 0 aromatic heterocycles. The lowest BCUT2D eigenvalue weighted by atomic mass is 10.0. The van der Waals surface area contributed by atoms with Crippen molar-refractivity contribution in [2.45, 2.75) is 36.7 Å². The van der Waals surface area contributed by atoms with Gasteiger partial charge >= 0.3 is 0 Å². The number of piperidine rings is 1. The van der Waals surface area contributed by atoms with Crippen LogP contribution < -0.4 is 5.32 Å². The third-order valence-corrected chi connectivity index (χ3v) is 6.94. The maximum atomic E-state index is 13.0. The highest BCUT2D eigenvalue weighted by Gasteiger charge is 2.37. The van der Waals surface area contributed by atoms with Gasteiger partial charge in [0.1, 0.15) is 6.04 Å². The quantitative estimate of drug-likeness (QED) is 0.781. The first kappa shape index (κ1) is 19.1. The number of halogens is 1. The van der Waals surface area contributed by atoms with Gasteiger partial charge in [-0.25, -0.2) is 8.42 Å². The summed E-state index contributed by atoms with van der Waals surface area (Å²) in [5, 5.41) is 2.88. The minimum Gasteiger partial charge on any atom is -0.351 e. The van der Waals surface area contributed by atoms with Gasteiger partial charge in [-0.05, 0) is 42.7 Å². The van der Waals surface area contributed by atoms with E-state index in [1.54, 1.807) is 24.3 Å². The number of hydrogen-bond acceptors (Lipinski definition) is 3. The number of nitrogens with one attached hydrogen (secondary N) is 1. The van der Waals surface area contributed by atoms with Gasteiger partial charge in [-0.3, -0.25) is 4.79 Å². The van der Waals surface area contributed by atoms with Crippen LogP contribution in [0.4, 0.5) is 0 Å². The third kappa shape index (κ3) is 4.34. The van der Waals surface area contributed by atoms with Crippen LogP contribution in [0.2, 0.25) is 0 Å². The summed E-state index contributed by atoms with van der Waals surface area (Å²) in [5.74, 6) is -0.241. The van der Waals surface area contributed by atoms with Crippen molar-refractivity contribution in [3.63, 3.8) is 0 Å².